The minimum Gasteiger partial charge on any atom is -0.454 e. The summed E-state index contributed by atoms with van der Waals surface area (Å²) in [6.45, 7) is 3.71. The summed E-state index contributed by atoms with van der Waals surface area (Å²) >= 11 is 0. The molecule has 0 saturated carbocycles. The molecule has 134 valence electrons. The highest BCUT2D eigenvalue weighted by Gasteiger charge is 2.20. The van der Waals surface area contributed by atoms with Gasteiger partial charge in [-0.3, -0.25) is 4.72 Å². The highest BCUT2D eigenvalue weighted by atomic mass is 32.2. The van der Waals surface area contributed by atoms with E-state index in [1.54, 1.807) is 37.3 Å². The zero-order valence-electron chi connectivity index (χ0n) is 14.1. The fraction of sp³-hybridized carbons (Fsp3) is 0.167. The fourth-order valence-corrected chi connectivity index (χ4v) is 3.82. The van der Waals surface area contributed by atoms with Gasteiger partial charge in [-0.15, -0.1) is 0 Å². The molecule has 2 aromatic carbocycles. The number of aromatic nitrogens is 1. The number of nitrogens with one attached hydrogen (secondary N) is 1. The SMILES string of the molecule is Cc1nc(-c2ccc(NS(=O)(=O)c3ccc4c(c3)OCO4)cc2)c(C)o1. The number of ether oxygens (including phenoxy) is 2. The third-order valence-electron chi connectivity index (χ3n) is 3.97. The Morgan fingerprint density at radius 2 is 1.73 bits per heavy atom. The Bertz CT molecular complexity index is 1070. The van der Waals surface area contributed by atoms with Crippen LogP contribution in [0.15, 0.2) is 51.8 Å². The van der Waals surface area contributed by atoms with Crippen LogP contribution in [0, 0.1) is 13.8 Å². The van der Waals surface area contributed by atoms with Crippen molar-refractivity contribution in [3.05, 3.63) is 54.1 Å². The lowest BCUT2D eigenvalue weighted by Crippen LogP contribution is -2.12. The second kappa shape index (κ2) is 6.06. The molecule has 4 rings (SSSR count). The maximum absolute atomic E-state index is 12.6. The fourth-order valence-electron chi connectivity index (χ4n) is 2.75. The zero-order chi connectivity index (χ0) is 18.3. The number of fused-ring (bicyclic) bond motifs is 1. The van der Waals surface area contributed by atoms with Gasteiger partial charge in [0.2, 0.25) is 6.79 Å². The number of anilines is 1. The topological polar surface area (TPSA) is 90.7 Å². The Labute approximate surface area is 150 Å². The van der Waals surface area contributed by atoms with Gasteiger partial charge >= 0.3 is 0 Å². The quantitative estimate of drug-likeness (QED) is 0.754. The number of sulfonamides is 1. The molecule has 0 bridgehead atoms. The Kier molecular flexibility index (Phi) is 3.84. The molecule has 2 heterocycles. The van der Waals surface area contributed by atoms with E-state index in [1.807, 2.05) is 6.92 Å². The molecule has 0 atom stereocenters. The van der Waals surface area contributed by atoms with Gasteiger partial charge in [0.1, 0.15) is 11.5 Å². The lowest BCUT2D eigenvalue weighted by Gasteiger charge is -2.09. The molecule has 1 aliphatic heterocycles. The van der Waals surface area contributed by atoms with Crippen molar-refractivity contribution in [3.63, 3.8) is 0 Å². The van der Waals surface area contributed by atoms with Gasteiger partial charge in [0.05, 0.1) is 4.90 Å². The summed E-state index contributed by atoms with van der Waals surface area (Å²) in [5.74, 6) is 2.26. The van der Waals surface area contributed by atoms with Gasteiger partial charge in [-0.1, -0.05) is 12.1 Å². The minimum atomic E-state index is -3.74. The van der Waals surface area contributed by atoms with Crippen molar-refractivity contribution >= 4 is 15.7 Å². The molecule has 1 N–H and O–H groups in total. The molecule has 3 aromatic rings. The van der Waals surface area contributed by atoms with Gasteiger partial charge in [-0.2, -0.15) is 0 Å². The van der Waals surface area contributed by atoms with E-state index in [-0.39, 0.29) is 11.7 Å². The van der Waals surface area contributed by atoms with Crippen LogP contribution >= 0.6 is 0 Å². The van der Waals surface area contributed by atoms with Gasteiger partial charge in [0.25, 0.3) is 10.0 Å². The van der Waals surface area contributed by atoms with E-state index in [9.17, 15) is 8.42 Å². The first-order valence-electron chi connectivity index (χ1n) is 7.89. The van der Waals surface area contributed by atoms with Crippen LogP contribution in [-0.2, 0) is 10.0 Å². The molecule has 0 radical (unpaired) electrons. The summed E-state index contributed by atoms with van der Waals surface area (Å²) in [6, 6.07) is 11.5. The van der Waals surface area contributed by atoms with Crippen LogP contribution in [0.5, 0.6) is 11.5 Å². The molecule has 0 spiro atoms. The van der Waals surface area contributed by atoms with Crippen molar-refractivity contribution in [2.45, 2.75) is 18.7 Å². The van der Waals surface area contributed by atoms with Gasteiger partial charge in [0, 0.05) is 24.2 Å². The third kappa shape index (κ3) is 2.99. The van der Waals surface area contributed by atoms with Crippen LogP contribution in [0.1, 0.15) is 11.7 Å². The lowest BCUT2D eigenvalue weighted by molar-refractivity contribution is 0.174. The summed E-state index contributed by atoms with van der Waals surface area (Å²) < 4.78 is 43.6. The van der Waals surface area contributed by atoms with Crippen molar-refractivity contribution in [2.75, 3.05) is 11.5 Å². The molecule has 8 heteroatoms. The number of oxazole rings is 1. The monoisotopic (exact) mass is 372 g/mol. The van der Waals surface area contributed by atoms with E-state index in [4.69, 9.17) is 13.9 Å². The van der Waals surface area contributed by atoms with E-state index in [2.05, 4.69) is 9.71 Å². The summed E-state index contributed by atoms with van der Waals surface area (Å²) in [5.41, 5.74) is 2.04. The largest absolute Gasteiger partial charge is 0.454 e. The van der Waals surface area contributed by atoms with Gasteiger partial charge in [-0.25, -0.2) is 13.4 Å². The predicted octanol–water partition coefficient (Wildman–Crippen LogP) is 3.49. The highest BCUT2D eigenvalue weighted by molar-refractivity contribution is 7.92. The van der Waals surface area contributed by atoms with Crippen LogP contribution in [0.3, 0.4) is 0 Å². The maximum Gasteiger partial charge on any atom is 0.262 e. The minimum absolute atomic E-state index is 0.0919. The Balaban J connectivity index is 1.57. The number of hydrogen-bond acceptors (Lipinski definition) is 6. The molecule has 0 aliphatic carbocycles. The molecule has 26 heavy (non-hydrogen) atoms. The average molecular weight is 372 g/mol. The molecule has 1 aliphatic rings. The van der Waals surface area contributed by atoms with Crippen molar-refractivity contribution in [3.8, 4) is 22.8 Å². The highest BCUT2D eigenvalue weighted by Crippen LogP contribution is 2.34. The Morgan fingerprint density at radius 1 is 1.00 bits per heavy atom. The van der Waals surface area contributed by atoms with E-state index >= 15 is 0 Å². The maximum atomic E-state index is 12.6. The van der Waals surface area contributed by atoms with Crippen molar-refractivity contribution < 1.29 is 22.3 Å². The van der Waals surface area contributed by atoms with Crippen LogP contribution in [0.25, 0.3) is 11.3 Å². The summed E-state index contributed by atoms with van der Waals surface area (Å²) in [4.78, 5) is 4.44. The van der Waals surface area contributed by atoms with Crippen molar-refractivity contribution in [1.29, 1.82) is 0 Å². The number of benzene rings is 2. The Hall–Kier alpha value is -3.00. The van der Waals surface area contributed by atoms with E-state index < -0.39 is 10.0 Å². The number of aryl methyl sites for hydroxylation is 2. The standard InChI is InChI=1S/C18H16N2O5S/c1-11-18(19-12(2)25-11)13-3-5-14(6-4-13)20-26(21,22)15-7-8-16-17(9-15)24-10-23-16/h3-9,20H,10H2,1-2H3. The summed E-state index contributed by atoms with van der Waals surface area (Å²) in [5, 5.41) is 0. The van der Waals surface area contributed by atoms with Gasteiger partial charge in [-0.05, 0) is 31.2 Å². The third-order valence-corrected chi connectivity index (χ3v) is 5.35. The molecular weight excluding hydrogens is 356 g/mol. The first-order valence-corrected chi connectivity index (χ1v) is 9.38. The average Bonchev–Trinajstić information content (AvgIpc) is 3.20. The number of hydrogen-bond donors (Lipinski definition) is 1. The molecule has 7 nitrogen and oxygen atoms in total. The molecular formula is C18H16N2O5S. The molecule has 0 saturated heterocycles. The van der Waals surface area contributed by atoms with Crippen LogP contribution in [0.2, 0.25) is 0 Å². The molecule has 0 fully saturated rings. The second-order valence-electron chi connectivity index (χ2n) is 5.84. The summed E-state index contributed by atoms with van der Waals surface area (Å²) in [7, 11) is -3.74. The van der Waals surface area contributed by atoms with E-state index in [1.165, 1.54) is 12.1 Å². The first-order chi connectivity index (χ1) is 12.4. The molecule has 0 unspecified atom stereocenters. The predicted molar refractivity (Wildman–Crippen MR) is 94.8 cm³/mol. The Morgan fingerprint density at radius 3 is 2.42 bits per heavy atom. The van der Waals surface area contributed by atoms with Crippen molar-refractivity contribution in [2.24, 2.45) is 0 Å². The van der Waals surface area contributed by atoms with Crippen molar-refractivity contribution in [1.82, 2.24) is 4.98 Å². The number of nitrogens with zero attached hydrogens (tertiary/aromatic N) is 1. The van der Waals surface area contributed by atoms with Crippen LogP contribution in [0.4, 0.5) is 5.69 Å². The molecule has 0 amide bonds. The zero-order valence-corrected chi connectivity index (χ0v) is 15.0. The second-order valence-corrected chi connectivity index (χ2v) is 7.52. The van der Waals surface area contributed by atoms with Gasteiger partial charge < -0.3 is 13.9 Å². The van der Waals surface area contributed by atoms with E-state index in [0.29, 0.717) is 23.1 Å². The summed E-state index contributed by atoms with van der Waals surface area (Å²) in [6.07, 6.45) is 0. The van der Waals surface area contributed by atoms with E-state index in [0.717, 1.165) is 17.0 Å². The van der Waals surface area contributed by atoms with Crippen LogP contribution in [-0.4, -0.2) is 20.2 Å². The lowest BCUT2D eigenvalue weighted by atomic mass is 10.1. The normalized spacial score (nSPS) is 13.0. The molecule has 1 aromatic heterocycles. The smallest absolute Gasteiger partial charge is 0.262 e. The first kappa shape index (κ1) is 16.5. The van der Waals surface area contributed by atoms with Crippen LogP contribution < -0.4 is 14.2 Å². The van der Waals surface area contributed by atoms with Gasteiger partial charge in [0.15, 0.2) is 17.4 Å². The number of rotatable bonds is 4.